The molecule has 0 saturated heterocycles. The van der Waals surface area contributed by atoms with Gasteiger partial charge in [0.15, 0.2) is 5.13 Å². The molecule has 0 bridgehead atoms. The van der Waals surface area contributed by atoms with E-state index >= 15 is 0 Å². The van der Waals surface area contributed by atoms with Crippen LogP contribution in [0.3, 0.4) is 0 Å². The summed E-state index contributed by atoms with van der Waals surface area (Å²) in [6.07, 6.45) is 1.64. The Kier molecular flexibility index (Phi) is 3.66. The number of aromatic nitrogens is 1. The number of anilines is 1. The molecule has 0 aliphatic heterocycles. The van der Waals surface area contributed by atoms with Gasteiger partial charge in [-0.2, -0.15) is 0 Å². The second kappa shape index (κ2) is 4.78. The molecule has 5 nitrogen and oxygen atoms in total. The monoisotopic (exact) mass is 200 g/mol. The van der Waals surface area contributed by atoms with Crippen LogP contribution in [-0.4, -0.2) is 36.1 Å². The van der Waals surface area contributed by atoms with Gasteiger partial charge in [-0.15, -0.1) is 11.3 Å². The van der Waals surface area contributed by atoms with Gasteiger partial charge in [0.2, 0.25) is 0 Å². The Morgan fingerprint density at radius 2 is 2.62 bits per heavy atom. The molecule has 0 spiro atoms. The summed E-state index contributed by atoms with van der Waals surface area (Å²) in [5.74, 6) is 0. The van der Waals surface area contributed by atoms with Gasteiger partial charge in [-0.25, -0.2) is 9.78 Å². The fourth-order valence-electron chi connectivity index (χ4n) is 0.767. The normalized spacial score (nSPS) is 9.69. The number of urea groups is 1. The van der Waals surface area contributed by atoms with E-state index in [4.69, 9.17) is 5.73 Å². The lowest BCUT2D eigenvalue weighted by Gasteiger charge is -2.15. The van der Waals surface area contributed by atoms with Gasteiger partial charge in [-0.1, -0.05) is 0 Å². The van der Waals surface area contributed by atoms with Crippen LogP contribution in [0.25, 0.3) is 0 Å². The van der Waals surface area contributed by atoms with E-state index in [9.17, 15) is 4.79 Å². The first kappa shape index (κ1) is 9.94. The highest BCUT2D eigenvalue weighted by atomic mass is 32.1. The van der Waals surface area contributed by atoms with Gasteiger partial charge in [0.25, 0.3) is 0 Å². The van der Waals surface area contributed by atoms with Crippen molar-refractivity contribution in [2.75, 3.05) is 25.5 Å². The van der Waals surface area contributed by atoms with Crippen molar-refractivity contribution in [3.05, 3.63) is 11.6 Å². The van der Waals surface area contributed by atoms with Gasteiger partial charge >= 0.3 is 6.03 Å². The molecule has 0 aliphatic rings. The summed E-state index contributed by atoms with van der Waals surface area (Å²) in [7, 11) is 1.69. The standard InChI is InChI=1S/C7H12N4OS/c1-11(4-2-8)7(12)10-6-9-3-5-13-6/h3,5H,2,4,8H2,1H3,(H,9,10,12). The molecular formula is C7H12N4OS. The van der Waals surface area contributed by atoms with Crippen molar-refractivity contribution in [3.8, 4) is 0 Å². The van der Waals surface area contributed by atoms with Crippen molar-refractivity contribution in [1.82, 2.24) is 9.88 Å². The zero-order valence-electron chi connectivity index (χ0n) is 7.36. The largest absolute Gasteiger partial charge is 0.329 e. The highest BCUT2D eigenvalue weighted by Crippen LogP contribution is 2.10. The quantitative estimate of drug-likeness (QED) is 0.749. The van der Waals surface area contributed by atoms with E-state index in [1.807, 2.05) is 0 Å². The average Bonchev–Trinajstić information content (AvgIpc) is 2.57. The van der Waals surface area contributed by atoms with Crippen molar-refractivity contribution in [3.63, 3.8) is 0 Å². The minimum Gasteiger partial charge on any atom is -0.329 e. The third-order valence-corrected chi connectivity index (χ3v) is 2.15. The number of nitrogens with zero attached hydrogens (tertiary/aromatic N) is 2. The number of carbonyl (C=O) groups is 1. The van der Waals surface area contributed by atoms with Crippen LogP contribution in [0, 0.1) is 0 Å². The van der Waals surface area contributed by atoms with Crippen LogP contribution in [-0.2, 0) is 0 Å². The summed E-state index contributed by atoms with van der Waals surface area (Å²) in [5, 5.41) is 5.05. The van der Waals surface area contributed by atoms with E-state index in [1.54, 1.807) is 18.6 Å². The van der Waals surface area contributed by atoms with E-state index in [0.717, 1.165) is 0 Å². The van der Waals surface area contributed by atoms with Gasteiger partial charge in [0.05, 0.1) is 0 Å². The molecule has 1 aromatic heterocycles. The maximum absolute atomic E-state index is 11.3. The molecular weight excluding hydrogens is 188 g/mol. The molecule has 6 heteroatoms. The number of carbonyl (C=O) groups excluding carboxylic acids is 1. The Bertz CT molecular complexity index is 261. The number of nitrogens with one attached hydrogen (secondary N) is 1. The van der Waals surface area contributed by atoms with Crippen LogP contribution < -0.4 is 11.1 Å². The fraction of sp³-hybridized carbons (Fsp3) is 0.429. The topological polar surface area (TPSA) is 71.2 Å². The summed E-state index contributed by atoms with van der Waals surface area (Å²) >= 11 is 1.39. The summed E-state index contributed by atoms with van der Waals surface area (Å²) in [4.78, 5) is 16.8. The molecule has 0 aromatic carbocycles. The van der Waals surface area contributed by atoms with Crippen LogP contribution in [0.2, 0.25) is 0 Å². The minimum absolute atomic E-state index is 0.180. The number of nitrogens with two attached hydrogens (primary N) is 1. The van der Waals surface area contributed by atoms with Gasteiger partial charge < -0.3 is 10.6 Å². The van der Waals surface area contributed by atoms with Crippen molar-refractivity contribution < 1.29 is 4.79 Å². The molecule has 0 radical (unpaired) electrons. The molecule has 72 valence electrons. The number of likely N-dealkylation sites (N-methyl/N-ethyl adjacent to an activating group) is 1. The predicted molar refractivity (Wildman–Crippen MR) is 52.8 cm³/mol. The first-order valence-electron chi connectivity index (χ1n) is 3.85. The molecule has 3 N–H and O–H groups in total. The minimum atomic E-state index is -0.180. The summed E-state index contributed by atoms with van der Waals surface area (Å²) in [6, 6.07) is -0.180. The number of thiazole rings is 1. The molecule has 0 fully saturated rings. The molecule has 0 unspecified atom stereocenters. The van der Waals surface area contributed by atoms with Crippen molar-refractivity contribution in [2.45, 2.75) is 0 Å². The smallest absolute Gasteiger partial charge is 0.323 e. The third-order valence-electron chi connectivity index (χ3n) is 1.46. The fourth-order valence-corrected chi connectivity index (χ4v) is 1.29. The van der Waals surface area contributed by atoms with Crippen LogP contribution in [0.4, 0.5) is 9.93 Å². The molecule has 0 aliphatic carbocycles. The molecule has 0 saturated carbocycles. The van der Waals surface area contributed by atoms with E-state index in [-0.39, 0.29) is 6.03 Å². The lowest BCUT2D eigenvalue weighted by Crippen LogP contribution is -2.35. The molecule has 13 heavy (non-hydrogen) atoms. The average molecular weight is 200 g/mol. The van der Waals surface area contributed by atoms with E-state index in [0.29, 0.717) is 18.2 Å². The van der Waals surface area contributed by atoms with Gasteiger partial charge in [0, 0.05) is 31.7 Å². The molecule has 1 aromatic rings. The highest BCUT2D eigenvalue weighted by molar-refractivity contribution is 7.13. The summed E-state index contributed by atoms with van der Waals surface area (Å²) in [5.41, 5.74) is 5.31. The molecule has 1 rings (SSSR count). The second-order valence-electron chi connectivity index (χ2n) is 2.48. The Morgan fingerprint density at radius 1 is 1.85 bits per heavy atom. The molecule has 1 heterocycles. The molecule has 0 atom stereocenters. The third kappa shape index (κ3) is 3.00. The van der Waals surface area contributed by atoms with Gasteiger partial charge in [-0.05, 0) is 0 Å². The van der Waals surface area contributed by atoms with Crippen LogP contribution in [0.15, 0.2) is 11.6 Å². The first-order chi connectivity index (χ1) is 6.24. The second-order valence-corrected chi connectivity index (χ2v) is 3.37. The van der Waals surface area contributed by atoms with Crippen LogP contribution >= 0.6 is 11.3 Å². The maximum Gasteiger partial charge on any atom is 0.323 e. The van der Waals surface area contributed by atoms with Crippen molar-refractivity contribution >= 4 is 22.5 Å². The van der Waals surface area contributed by atoms with Gasteiger partial charge in [0.1, 0.15) is 0 Å². The van der Waals surface area contributed by atoms with E-state index in [1.165, 1.54) is 16.2 Å². The van der Waals surface area contributed by atoms with E-state index in [2.05, 4.69) is 10.3 Å². The zero-order chi connectivity index (χ0) is 9.68. The summed E-state index contributed by atoms with van der Waals surface area (Å²) in [6.45, 7) is 0.999. The van der Waals surface area contributed by atoms with Crippen molar-refractivity contribution in [1.29, 1.82) is 0 Å². The lowest BCUT2D eigenvalue weighted by atomic mass is 10.6. The SMILES string of the molecule is CN(CCN)C(=O)Nc1nccs1. The maximum atomic E-state index is 11.3. The van der Waals surface area contributed by atoms with Crippen LogP contribution in [0.1, 0.15) is 0 Å². The Morgan fingerprint density at radius 3 is 3.15 bits per heavy atom. The Balaban J connectivity index is 2.41. The Labute approximate surface area is 80.6 Å². The van der Waals surface area contributed by atoms with Crippen LogP contribution in [0.5, 0.6) is 0 Å². The van der Waals surface area contributed by atoms with Crippen molar-refractivity contribution in [2.24, 2.45) is 5.73 Å². The first-order valence-corrected chi connectivity index (χ1v) is 4.73. The number of amides is 2. The predicted octanol–water partition coefficient (Wildman–Crippen LogP) is 0.566. The number of rotatable bonds is 3. The van der Waals surface area contributed by atoms with Gasteiger partial charge in [-0.3, -0.25) is 5.32 Å². The lowest BCUT2D eigenvalue weighted by molar-refractivity contribution is 0.223. The molecule has 2 amide bonds. The zero-order valence-corrected chi connectivity index (χ0v) is 8.17. The number of hydrogen-bond donors (Lipinski definition) is 2. The highest BCUT2D eigenvalue weighted by Gasteiger charge is 2.07. The number of hydrogen-bond acceptors (Lipinski definition) is 4. The summed E-state index contributed by atoms with van der Waals surface area (Å²) < 4.78 is 0. The van der Waals surface area contributed by atoms with E-state index < -0.39 is 0 Å². The Hall–Kier alpha value is -1.14.